The first-order valence-corrected chi connectivity index (χ1v) is 6.36. The molecule has 1 amide bonds. The quantitative estimate of drug-likeness (QED) is 0.912. The highest BCUT2D eigenvalue weighted by atomic mass is 35.5. The average Bonchev–Trinajstić information content (AvgIpc) is 2.39. The van der Waals surface area contributed by atoms with E-state index < -0.39 is 5.97 Å². The standard InChI is InChI=1S/C14H18N2O3.ClH/c1-11-2-4-12(5-3-11)14(19)16-8-6-15(7-9-16)10-13(17)18;/h2-5H,6-10H2,1H3,(H,17,18);1H. The van der Waals surface area contributed by atoms with E-state index in [1.54, 1.807) is 4.90 Å². The molecule has 0 saturated carbocycles. The zero-order valence-corrected chi connectivity index (χ0v) is 12.2. The summed E-state index contributed by atoms with van der Waals surface area (Å²) in [5.41, 5.74) is 1.82. The van der Waals surface area contributed by atoms with Gasteiger partial charge >= 0.3 is 5.97 Å². The number of piperazine rings is 1. The SMILES string of the molecule is Cc1ccc(C(=O)N2CCN(CC(=O)O)CC2)cc1.Cl. The van der Waals surface area contributed by atoms with Crippen LogP contribution in [0.1, 0.15) is 15.9 Å². The van der Waals surface area contributed by atoms with E-state index in [9.17, 15) is 9.59 Å². The molecule has 1 N–H and O–H groups in total. The Morgan fingerprint density at radius 1 is 1.10 bits per heavy atom. The minimum atomic E-state index is -0.821. The number of carboxylic acid groups (broad SMARTS) is 1. The summed E-state index contributed by atoms with van der Waals surface area (Å²) in [5.74, 6) is -0.798. The average molecular weight is 299 g/mol. The molecule has 1 fully saturated rings. The normalized spacial score (nSPS) is 15.6. The van der Waals surface area contributed by atoms with E-state index in [0.717, 1.165) is 5.56 Å². The van der Waals surface area contributed by atoms with E-state index in [2.05, 4.69) is 0 Å². The number of aliphatic carboxylic acids is 1. The second-order valence-corrected chi connectivity index (χ2v) is 4.83. The molecule has 0 bridgehead atoms. The van der Waals surface area contributed by atoms with Crippen LogP contribution in [0.25, 0.3) is 0 Å². The molecule has 0 spiro atoms. The third-order valence-corrected chi connectivity index (χ3v) is 3.32. The molecule has 1 saturated heterocycles. The van der Waals surface area contributed by atoms with Gasteiger partial charge in [0.1, 0.15) is 0 Å². The van der Waals surface area contributed by atoms with Crippen molar-refractivity contribution in [3.63, 3.8) is 0 Å². The Bertz CT molecular complexity index is 468. The maximum Gasteiger partial charge on any atom is 0.317 e. The van der Waals surface area contributed by atoms with E-state index >= 15 is 0 Å². The first-order chi connectivity index (χ1) is 9.06. The van der Waals surface area contributed by atoms with Gasteiger partial charge in [0, 0.05) is 31.7 Å². The third-order valence-electron chi connectivity index (χ3n) is 3.32. The molecule has 1 aromatic rings. The zero-order valence-electron chi connectivity index (χ0n) is 11.4. The molecule has 2 rings (SSSR count). The van der Waals surface area contributed by atoms with Gasteiger partial charge in [0.2, 0.25) is 0 Å². The fourth-order valence-electron chi connectivity index (χ4n) is 2.18. The van der Waals surface area contributed by atoms with Crippen LogP contribution in [0, 0.1) is 6.92 Å². The zero-order chi connectivity index (χ0) is 13.8. The molecule has 1 heterocycles. The summed E-state index contributed by atoms with van der Waals surface area (Å²) in [7, 11) is 0. The van der Waals surface area contributed by atoms with Crippen LogP contribution in [-0.4, -0.2) is 59.5 Å². The van der Waals surface area contributed by atoms with Crippen LogP contribution >= 0.6 is 12.4 Å². The second kappa shape index (κ2) is 7.26. The van der Waals surface area contributed by atoms with Gasteiger partial charge in [-0.15, -0.1) is 12.4 Å². The molecule has 0 aromatic heterocycles. The van der Waals surface area contributed by atoms with Gasteiger partial charge < -0.3 is 10.0 Å². The molecular formula is C14H19ClN2O3. The highest BCUT2D eigenvalue weighted by Crippen LogP contribution is 2.10. The predicted octanol–water partition coefficient (Wildman–Crippen LogP) is 1.26. The van der Waals surface area contributed by atoms with Crippen LogP contribution in [0.2, 0.25) is 0 Å². The number of carboxylic acids is 1. The van der Waals surface area contributed by atoms with Crippen LogP contribution in [0.3, 0.4) is 0 Å². The Kier molecular flexibility index (Phi) is 5.98. The minimum absolute atomic E-state index is 0. The van der Waals surface area contributed by atoms with Gasteiger partial charge in [-0.2, -0.15) is 0 Å². The minimum Gasteiger partial charge on any atom is -0.480 e. The molecule has 1 aliphatic rings. The molecule has 0 aliphatic carbocycles. The lowest BCUT2D eigenvalue weighted by atomic mass is 10.1. The van der Waals surface area contributed by atoms with Crippen molar-refractivity contribution in [1.29, 1.82) is 0 Å². The van der Waals surface area contributed by atoms with Gasteiger partial charge in [-0.1, -0.05) is 17.7 Å². The summed E-state index contributed by atoms with van der Waals surface area (Å²) >= 11 is 0. The smallest absolute Gasteiger partial charge is 0.317 e. The van der Waals surface area contributed by atoms with E-state index in [-0.39, 0.29) is 24.9 Å². The summed E-state index contributed by atoms with van der Waals surface area (Å²) in [6.45, 7) is 4.43. The van der Waals surface area contributed by atoms with Gasteiger partial charge in [0.15, 0.2) is 0 Å². The molecule has 0 radical (unpaired) electrons. The van der Waals surface area contributed by atoms with E-state index in [0.29, 0.717) is 31.7 Å². The first-order valence-electron chi connectivity index (χ1n) is 6.36. The Balaban J connectivity index is 0.00000200. The summed E-state index contributed by atoms with van der Waals surface area (Å²) in [6.07, 6.45) is 0. The second-order valence-electron chi connectivity index (χ2n) is 4.83. The molecule has 20 heavy (non-hydrogen) atoms. The lowest BCUT2D eigenvalue weighted by molar-refractivity contribution is -0.138. The highest BCUT2D eigenvalue weighted by molar-refractivity contribution is 5.94. The van der Waals surface area contributed by atoms with Crippen LogP contribution < -0.4 is 0 Å². The van der Waals surface area contributed by atoms with Crippen LogP contribution in [0.15, 0.2) is 24.3 Å². The first kappa shape index (κ1) is 16.5. The van der Waals surface area contributed by atoms with E-state index in [4.69, 9.17) is 5.11 Å². The number of carbonyl (C=O) groups excluding carboxylic acids is 1. The number of amides is 1. The molecule has 1 aliphatic heterocycles. The fourth-order valence-corrected chi connectivity index (χ4v) is 2.18. The molecule has 1 aromatic carbocycles. The lowest BCUT2D eigenvalue weighted by Crippen LogP contribution is -2.49. The number of carbonyl (C=O) groups is 2. The fraction of sp³-hybridized carbons (Fsp3) is 0.429. The number of aryl methyl sites for hydroxylation is 1. The predicted molar refractivity (Wildman–Crippen MR) is 78.4 cm³/mol. The monoisotopic (exact) mass is 298 g/mol. The molecule has 0 atom stereocenters. The van der Waals surface area contributed by atoms with Gasteiger partial charge in [0.05, 0.1) is 6.54 Å². The number of hydrogen-bond donors (Lipinski definition) is 1. The Morgan fingerprint density at radius 2 is 1.65 bits per heavy atom. The molecule has 110 valence electrons. The lowest BCUT2D eigenvalue weighted by Gasteiger charge is -2.33. The molecular weight excluding hydrogens is 280 g/mol. The van der Waals surface area contributed by atoms with Gasteiger partial charge in [0.25, 0.3) is 5.91 Å². The van der Waals surface area contributed by atoms with Crippen LogP contribution in [-0.2, 0) is 4.79 Å². The summed E-state index contributed by atoms with van der Waals surface area (Å²) in [5, 5.41) is 8.72. The Hall–Kier alpha value is -1.59. The summed E-state index contributed by atoms with van der Waals surface area (Å²) in [4.78, 5) is 26.5. The largest absolute Gasteiger partial charge is 0.480 e. The molecule has 6 heteroatoms. The van der Waals surface area contributed by atoms with Gasteiger partial charge in [-0.3, -0.25) is 14.5 Å². The van der Waals surface area contributed by atoms with Crippen molar-refractivity contribution in [1.82, 2.24) is 9.80 Å². The van der Waals surface area contributed by atoms with Crippen molar-refractivity contribution in [2.24, 2.45) is 0 Å². The van der Waals surface area contributed by atoms with Gasteiger partial charge in [-0.25, -0.2) is 0 Å². The maximum absolute atomic E-state index is 12.2. The van der Waals surface area contributed by atoms with E-state index in [1.807, 2.05) is 36.1 Å². The number of benzene rings is 1. The topological polar surface area (TPSA) is 60.9 Å². The molecule has 5 nitrogen and oxygen atoms in total. The number of hydrogen-bond acceptors (Lipinski definition) is 3. The maximum atomic E-state index is 12.2. The highest BCUT2D eigenvalue weighted by Gasteiger charge is 2.22. The number of nitrogens with zero attached hydrogens (tertiary/aromatic N) is 2. The van der Waals surface area contributed by atoms with Crippen LogP contribution in [0.5, 0.6) is 0 Å². The number of rotatable bonds is 3. The van der Waals surface area contributed by atoms with Crippen molar-refractivity contribution in [2.45, 2.75) is 6.92 Å². The van der Waals surface area contributed by atoms with Crippen molar-refractivity contribution >= 4 is 24.3 Å². The van der Waals surface area contributed by atoms with Crippen LogP contribution in [0.4, 0.5) is 0 Å². The summed E-state index contributed by atoms with van der Waals surface area (Å²) in [6, 6.07) is 7.52. The summed E-state index contributed by atoms with van der Waals surface area (Å²) < 4.78 is 0. The Morgan fingerprint density at radius 3 is 2.15 bits per heavy atom. The van der Waals surface area contributed by atoms with E-state index in [1.165, 1.54) is 0 Å². The van der Waals surface area contributed by atoms with Crippen molar-refractivity contribution in [3.8, 4) is 0 Å². The number of halogens is 1. The van der Waals surface area contributed by atoms with Crippen molar-refractivity contribution in [2.75, 3.05) is 32.7 Å². The Labute approximate surface area is 124 Å². The van der Waals surface area contributed by atoms with Crippen molar-refractivity contribution < 1.29 is 14.7 Å². The third kappa shape index (κ3) is 4.21. The van der Waals surface area contributed by atoms with Gasteiger partial charge in [-0.05, 0) is 19.1 Å². The van der Waals surface area contributed by atoms with Crippen molar-refractivity contribution in [3.05, 3.63) is 35.4 Å². The molecule has 0 unspecified atom stereocenters.